The summed E-state index contributed by atoms with van der Waals surface area (Å²) in [5.74, 6) is 0.654. The van der Waals surface area contributed by atoms with Gasteiger partial charge < -0.3 is 0 Å². The van der Waals surface area contributed by atoms with Crippen LogP contribution in [-0.4, -0.2) is 0 Å². The quantitative estimate of drug-likeness (QED) is 0.504. The van der Waals surface area contributed by atoms with E-state index in [9.17, 15) is 0 Å². The summed E-state index contributed by atoms with van der Waals surface area (Å²) in [7, 11) is 0. The standard InChI is InChI=1S/C14H24/c1-6-9-14(8-3)13(5)11-10-12(4)7-2/h10-11,14H,4-9H2,1-3H3/b11-10-. The molecule has 1 atom stereocenters. The molecule has 0 spiro atoms. The van der Waals surface area contributed by atoms with E-state index in [1.807, 2.05) is 0 Å². The highest BCUT2D eigenvalue weighted by Gasteiger charge is 2.06. The SMILES string of the molecule is C=C(/C=C\C(=C)C(CC)CCC)CC. The predicted octanol–water partition coefficient (Wildman–Crippen LogP) is 4.89. The number of allylic oxidation sites excluding steroid dienone is 4. The molecule has 0 aromatic heterocycles. The lowest BCUT2D eigenvalue weighted by atomic mass is 9.92. The summed E-state index contributed by atoms with van der Waals surface area (Å²) in [5, 5.41) is 0. The Morgan fingerprint density at radius 1 is 1.14 bits per heavy atom. The minimum atomic E-state index is 0.654. The van der Waals surface area contributed by atoms with Crippen molar-refractivity contribution in [1.29, 1.82) is 0 Å². The molecule has 0 bridgehead atoms. The second-order valence-electron chi connectivity index (χ2n) is 3.81. The lowest BCUT2D eigenvalue weighted by molar-refractivity contribution is 0.545. The second kappa shape index (κ2) is 7.61. The summed E-state index contributed by atoms with van der Waals surface area (Å²) in [6.07, 6.45) is 8.93. The zero-order valence-corrected chi connectivity index (χ0v) is 9.97. The van der Waals surface area contributed by atoms with Crippen LogP contribution in [0.15, 0.2) is 36.5 Å². The van der Waals surface area contributed by atoms with E-state index in [1.165, 1.54) is 30.4 Å². The fourth-order valence-electron chi connectivity index (χ4n) is 1.48. The molecule has 0 N–H and O–H groups in total. The maximum atomic E-state index is 4.12. The highest BCUT2D eigenvalue weighted by atomic mass is 14.1. The molecule has 14 heavy (non-hydrogen) atoms. The number of rotatable bonds is 7. The molecule has 0 saturated carbocycles. The molecule has 1 unspecified atom stereocenters. The van der Waals surface area contributed by atoms with Crippen LogP contribution in [-0.2, 0) is 0 Å². The van der Waals surface area contributed by atoms with Gasteiger partial charge in [0.15, 0.2) is 0 Å². The van der Waals surface area contributed by atoms with Gasteiger partial charge in [-0.3, -0.25) is 0 Å². The van der Waals surface area contributed by atoms with Crippen molar-refractivity contribution >= 4 is 0 Å². The van der Waals surface area contributed by atoms with E-state index in [0.29, 0.717) is 5.92 Å². The number of hydrogen-bond acceptors (Lipinski definition) is 0. The smallest absolute Gasteiger partial charge is 0.0171 e. The average Bonchev–Trinajstić information content (AvgIpc) is 2.21. The van der Waals surface area contributed by atoms with E-state index >= 15 is 0 Å². The van der Waals surface area contributed by atoms with Crippen molar-refractivity contribution in [3.8, 4) is 0 Å². The minimum Gasteiger partial charge on any atom is -0.0958 e. The van der Waals surface area contributed by atoms with Crippen molar-refractivity contribution < 1.29 is 0 Å². The molecule has 0 aliphatic carbocycles. The first kappa shape index (κ1) is 13.2. The molecule has 0 heterocycles. The minimum absolute atomic E-state index is 0.654. The monoisotopic (exact) mass is 192 g/mol. The van der Waals surface area contributed by atoms with Crippen molar-refractivity contribution in [2.45, 2.75) is 46.5 Å². The zero-order chi connectivity index (χ0) is 11.0. The Bertz CT molecular complexity index is 208. The summed E-state index contributed by atoms with van der Waals surface area (Å²) in [6, 6.07) is 0. The third-order valence-electron chi connectivity index (χ3n) is 2.64. The van der Waals surface area contributed by atoms with Crippen LogP contribution in [0.3, 0.4) is 0 Å². The Kier molecular flexibility index (Phi) is 7.18. The Balaban J connectivity index is 4.16. The van der Waals surface area contributed by atoms with Gasteiger partial charge >= 0.3 is 0 Å². The summed E-state index contributed by atoms with van der Waals surface area (Å²) in [5.41, 5.74) is 2.43. The molecule has 0 aromatic carbocycles. The van der Waals surface area contributed by atoms with E-state index in [-0.39, 0.29) is 0 Å². The van der Waals surface area contributed by atoms with Gasteiger partial charge in [-0.15, -0.1) is 0 Å². The van der Waals surface area contributed by atoms with Crippen molar-refractivity contribution in [1.82, 2.24) is 0 Å². The highest BCUT2D eigenvalue weighted by Crippen LogP contribution is 2.20. The van der Waals surface area contributed by atoms with E-state index in [1.54, 1.807) is 0 Å². The maximum absolute atomic E-state index is 4.12. The lowest BCUT2D eigenvalue weighted by Crippen LogP contribution is -1.99. The van der Waals surface area contributed by atoms with Gasteiger partial charge in [0.1, 0.15) is 0 Å². The van der Waals surface area contributed by atoms with E-state index < -0.39 is 0 Å². The van der Waals surface area contributed by atoms with Crippen molar-refractivity contribution in [3.63, 3.8) is 0 Å². The third kappa shape index (κ3) is 5.06. The van der Waals surface area contributed by atoms with E-state index in [4.69, 9.17) is 0 Å². The molecule has 0 radical (unpaired) electrons. The van der Waals surface area contributed by atoms with Gasteiger partial charge in [-0.1, -0.05) is 63.6 Å². The molecular weight excluding hydrogens is 168 g/mol. The lowest BCUT2D eigenvalue weighted by Gasteiger charge is -2.13. The van der Waals surface area contributed by atoms with Gasteiger partial charge in [-0.25, -0.2) is 0 Å². The predicted molar refractivity (Wildman–Crippen MR) is 66.4 cm³/mol. The molecule has 0 saturated heterocycles. The maximum Gasteiger partial charge on any atom is -0.0171 e. The Morgan fingerprint density at radius 3 is 2.21 bits per heavy atom. The van der Waals surface area contributed by atoms with Crippen LogP contribution in [0.1, 0.15) is 46.5 Å². The molecular formula is C14H24. The first-order chi connectivity index (χ1) is 6.65. The average molecular weight is 192 g/mol. The summed E-state index contributed by atoms with van der Waals surface area (Å²) in [4.78, 5) is 0. The Labute approximate surface area is 89.4 Å². The van der Waals surface area contributed by atoms with Crippen LogP contribution in [0.5, 0.6) is 0 Å². The normalized spacial score (nSPS) is 13.1. The Morgan fingerprint density at radius 2 is 1.79 bits per heavy atom. The van der Waals surface area contributed by atoms with Gasteiger partial charge in [0.2, 0.25) is 0 Å². The molecule has 0 aromatic rings. The molecule has 80 valence electrons. The topological polar surface area (TPSA) is 0 Å². The largest absolute Gasteiger partial charge is 0.0958 e. The molecule has 0 nitrogen and oxygen atoms in total. The van der Waals surface area contributed by atoms with E-state index in [2.05, 4.69) is 46.1 Å². The van der Waals surface area contributed by atoms with Gasteiger partial charge in [0.25, 0.3) is 0 Å². The fraction of sp³-hybridized carbons (Fsp3) is 0.571. The van der Waals surface area contributed by atoms with Crippen LogP contribution >= 0.6 is 0 Å². The molecule has 0 amide bonds. The Hall–Kier alpha value is -0.780. The fourth-order valence-corrected chi connectivity index (χ4v) is 1.48. The molecule has 0 fully saturated rings. The first-order valence-corrected chi connectivity index (χ1v) is 5.70. The highest BCUT2D eigenvalue weighted by molar-refractivity contribution is 5.25. The third-order valence-corrected chi connectivity index (χ3v) is 2.64. The van der Waals surface area contributed by atoms with E-state index in [0.717, 1.165) is 6.42 Å². The zero-order valence-electron chi connectivity index (χ0n) is 9.97. The number of hydrogen-bond donors (Lipinski definition) is 0. The molecule has 0 rings (SSSR count). The van der Waals surface area contributed by atoms with Crippen molar-refractivity contribution in [3.05, 3.63) is 36.5 Å². The van der Waals surface area contributed by atoms with Gasteiger partial charge in [0.05, 0.1) is 0 Å². The molecule has 0 aliphatic rings. The van der Waals surface area contributed by atoms with Crippen LogP contribution in [0.25, 0.3) is 0 Å². The summed E-state index contributed by atoms with van der Waals surface area (Å²) < 4.78 is 0. The van der Waals surface area contributed by atoms with Gasteiger partial charge in [0, 0.05) is 0 Å². The first-order valence-electron chi connectivity index (χ1n) is 5.70. The van der Waals surface area contributed by atoms with Crippen LogP contribution in [0.2, 0.25) is 0 Å². The van der Waals surface area contributed by atoms with Crippen molar-refractivity contribution in [2.24, 2.45) is 5.92 Å². The van der Waals surface area contributed by atoms with Gasteiger partial charge in [-0.05, 0) is 25.2 Å². The second-order valence-corrected chi connectivity index (χ2v) is 3.81. The molecule has 0 aliphatic heterocycles. The summed E-state index contributed by atoms with van der Waals surface area (Å²) >= 11 is 0. The van der Waals surface area contributed by atoms with Crippen LogP contribution < -0.4 is 0 Å². The van der Waals surface area contributed by atoms with Crippen molar-refractivity contribution in [2.75, 3.05) is 0 Å². The van der Waals surface area contributed by atoms with Crippen LogP contribution in [0, 0.1) is 5.92 Å². The van der Waals surface area contributed by atoms with Gasteiger partial charge in [-0.2, -0.15) is 0 Å². The van der Waals surface area contributed by atoms with Crippen LogP contribution in [0.4, 0.5) is 0 Å². The molecule has 0 heteroatoms. The summed E-state index contributed by atoms with van der Waals surface area (Å²) in [6.45, 7) is 14.7.